The fourth-order valence-corrected chi connectivity index (χ4v) is 2.77. The number of nitrogens with one attached hydrogen (secondary N) is 2. The number of hydrogen-bond donors (Lipinski definition) is 2. The maximum absolute atomic E-state index is 12.2. The third kappa shape index (κ3) is 4.07. The molecular weight excluding hydrogens is 302 g/mol. The Hall–Kier alpha value is -2.85. The molecule has 2 rings (SSSR count). The van der Waals surface area contributed by atoms with Crippen molar-refractivity contribution in [2.24, 2.45) is 0 Å². The van der Waals surface area contributed by atoms with E-state index in [-0.39, 0.29) is 11.3 Å². The molecule has 0 atom stereocenters. The highest BCUT2D eigenvalue weighted by atomic mass is 32.2. The van der Waals surface area contributed by atoms with Crippen LogP contribution in [0, 0.1) is 11.3 Å². The van der Waals surface area contributed by atoms with E-state index >= 15 is 0 Å². The number of anilines is 2. The van der Waals surface area contributed by atoms with Gasteiger partial charge in [-0.3, -0.25) is 9.52 Å². The molecule has 0 unspecified atom stereocenters. The van der Waals surface area contributed by atoms with Crippen LogP contribution in [-0.4, -0.2) is 14.3 Å². The second kappa shape index (κ2) is 6.74. The number of hydrogen-bond acceptors (Lipinski definition) is 4. The second-order valence-corrected chi connectivity index (χ2v) is 6.06. The lowest BCUT2D eigenvalue weighted by Gasteiger charge is -2.09. The van der Waals surface area contributed by atoms with Gasteiger partial charge in [0.25, 0.3) is 10.0 Å². The summed E-state index contributed by atoms with van der Waals surface area (Å²) in [6.07, 6.45) is -0.254. The Balaban J connectivity index is 2.12. The zero-order chi connectivity index (χ0) is 16.0. The van der Waals surface area contributed by atoms with E-state index in [1.165, 1.54) is 24.3 Å². The van der Waals surface area contributed by atoms with Crippen LogP contribution >= 0.6 is 0 Å². The highest BCUT2D eigenvalue weighted by molar-refractivity contribution is 7.92. The van der Waals surface area contributed by atoms with Gasteiger partial charge < -0.3 is 5.32 Å². The monoisotopic (exact) mass is 315 g/mol. The minimum absolute atomic E-state index is 0.0784. The highest BCUT2D eigenvalue weighted by Crippen LogP contribution is 2.18. The van der Waals surface area contributed by atoms with E-state index in [4.69, 9.17) is 5.26 Å². The number of sulfonamides is 1. The van der Waals surface area contributed by atoms with Crippen LogP contribution in [0.25, 0.3) is 0 Å². The van der Waals surface area contributed by atoms with E-state index in [1.807, 2.05) is 0 Å². The minimum atomic E-state index is -3.68. The standard InChI is InChI=1S/C15H13N3O3S/c16-11-10-15(19)17-12-6-8-14(9-7-12)22(20,21)18-13-4-2-1-3-5-13/h1-9,18H,10H2,(H,17,19). The summed E-state index contributed by atoms with van der Waals surface area (Å²) in [5.74, 6) is -0.444. The van der Waals surface area contributed by atoms with Crippen molar-refractivity contribution in [1.82, 2.24) is 0 Å². The summed E-state index contributed by atoms with van der Waals surface area (Å²) in [7, 11) is -3.68. The molecule has 2 N–H and O–H groups in total. The van der Waals surface area contributed by atoms with Crippen LogP contribution in [0.4, 0.5) is 11.4 Å². The Kier molecular flexibility index (Phi) is 4.76. The predicted octanol–water partition coefficient (Wildman–Crippen LogP) is 2.34. The third-order valence-electron chi connectivity index (χ3n) is 2.71. The number of benzene rings is 2. The van der Waals surface area contributed by atoms with E-state index < -0.39 is 15.9 Å². The molecule has 0 aromatic heterocycles. The molecular formula is C15H13N3O3S. The first kappa shape index (κ1) is 15.5. The topological polar surface area (TPSA) is 99.1 Å². The van der Waals surface area contributed by atoms with E-state index in [0.717, 1.165) is 0 Å². The van der Waals surface area contributed by atoms with Crippen molar-refractivity contribution >= 4 is 27.3 Å². The summed E-state index contributed by atoms with van der Waals surface area (Å²) in [5.41, 5.74) is 0.896. The number of carbonyl (C=O) groups is 1. The summed E-state index contributed by atoms with van der Waals surface area (Å²) in [4.78, 5) is 11.3. The summed E-state index contributed by atoms with van der Waals surface area (Å²) in [6, 6.07) is 16.0. The quantitative estimate of drug-likeness (QED) is 0.884. The SMILES string of the molecule is N#CCC(=O)Nc1ccc(S(=O)(=O)Nc2ccccc2)cc1. The predicted molar refractivity (Wildman–Crippen MR) is 82.6 cm³/mol. The molecule has 2 aromatic carbocycles. The van der Waals surface area contributed by atoms with Gasteiger partial charge in [0.1, 0.15) is 6.42 Å². The molecule has 6 nitrogen and oxygen atoms in total. The number of nitrogens with zero attached hydrogens (tertiary/aromatic N) is 1. The fourth-order valence-electron chi connectivity index (χ4n) is 1.71. The van der Waals surface area contributed by atoms with Gasteiger partial charge in [-0.25, -0.2) is 8.42 Å². The largest absolute Gasteiger partial charge is 0.325 e. The first-order chi connectivity index (χ1) is 10.5. The van der Waals surface area contributed by atoms with Crippen LogP contribution in [-0.2, 0) is 14.8 Å². The molecule has 0 heterocycles. The lowest BCUT2D eigenvalue weighted by atomic mass is 10.3. The van der Waals surface area contributed by atoms with E-state index in [0.29, 0.717) is 11.4 Å². The normalized spacial score (nSPS) is 10.5. The van der Waals surface area contributed by atoms with Gasteiger partial charge >= 0.3 is 0 Å². The molecule has 112 valence electrons. The van der Waals surface area contributed by atoms with Gasteiger partial charge in [-0.2, -0.15) is 5.26 Å². The molecule has 0 aliphatic carbocycles. The van der Waals surface area contributed by atoms with Gasteiger partial charge in [-0.05, 0) is 36.4 Å². The van der Waals surface area contributed by atoms with Gasteiger partial charge in [0.2, 0.25) is 5.91 Å². The van der Waals surface area contributed by atoms with Crippen LogP contribution in [0.2, 0.25) is 0 Å². The summed E-state index contributed by atoms with van der Waals surface area (Å²) < 4.78 is 26.8. The Morgan fingerprint density at radius 3 is 2.23 bits per heavy atom. The average molecular weight is 315 g/mol. The Morgan fingerprint density at radius 1 is 1.00 bits per heavy atom. The van der Waals surface area contributed by atoms with E-state index in [2.05, 4.69) is 10.0 Å². The Bertz CT molecular complexity index is 794. The van der Waals surface area contributed by atoms with Gasteiger partial charge in [-0.15, -0.1) is 0 Å². The van der Waals surface area contributed by atoms with Crippen molar-refractivity contribution in [1.29, 1.82) is 5.26 Å². The number of amides is 1. The maximum atomic E-state index is 12.2. The minimum Gasteiger partial charge on any atom is -0.325 e. The van der Waals surface area contributed by atoms with Crippen LogP contribution in [0.3, 0.4) is 0 Å². The van der Waals surface area contributed by atoms with Crippen LogP contribution in [0.15, 0.2) is 59.5 Å². The van der Waals surface area contributed by atoms with Crippen molar-refractivity contribution in [3.63, 3.8) is 0 Å². The Labute approximate surface area is 128 Å². The number of rotatable bonds is 5. The second-order valence-electron chi connectivity index (χ2n) is 4.38. The molecule has 0 fully saturated rings. The molecule has 0 saturated carbocycles. The van der Waals surface area contributed by atoms with E-state index in [9.17, 15) is 13.2 Å². The summed E-state index contributed by atoms with van der Waals surface area (Å²) in [5, 5.41) is 10.9. The molecule has 0 bridgehead atoms. The first-order valence-electron chi connectivity index (χ1n) is 6.36. The zero-order valence-corrected chi connectivity index (χ0v) is 12.3. The molecule has 2 aromatic rings. The average Bonchev–Trinajstić information content (AvgIpc) is 2.48. The van der Waals surface area contributed by atoms with Crippen molar-refractivity contribution < 1.29 is 13.2 Å². The summed E-state index contributed by atoms with van der Waals surface area (Å²) in [6.45, 7) is 0. The fraction of sp³-hybridized carbons (Fsp3) is 0.0667. The molecule has 0 spiro atoms. The van der Waals surface area contributed by atoms with Crippen LogP contribution in [0.1, 0.15) is 6.42 Å². The van der Waals surface area contributed by atoms with Crippen molar-refractivity contribution in [2.45, 2.75) is 11.3 Å². The smallest absolute Gasteiger partial charge is 0.261 e. The van der Waals surface area contributed by atoms with Gasteiger partial charge in [0, 0.05) is 11.4 Å². The van der Waals surface area contributed by atoms with Gasteiger partial charge in [0.15, 0.2) is 0 Å². The number of para-hydroxylation sites is 1. The first-order valence-corrected chi connectivity index (χ1v) is 7.84. The molecule has 0 aliphatic rings. The van der Waals surface area contributed by atoms with E-state index in [1.54, 1.807) is 36.4 Å². The molecule has 0 saturated heterocycles. The van der Waals surface area contributed by atoms with Crippen LogP contribution in [0.5, 0.6) is 0 Å². The maximum Gasteiger partial charge on any atom is 0.261 e. The van der Waals surface area contributed by atoms with Crippen molar-refractivity contribution in [2.75, 3.05) is 10.0 Å². The molecule has 0 radical (unpaired) electrons. The lowest BCUT2D eigenvalue weighted by molar-refractivity contribution is -0.115. The van der Waals surface area contributed by atoms with Gasteiger partial charge in [-0.1, -0.05) is 18.2 Å². The molecule has 7 heteroatoms. The molecule has 1 amide bonds. The summed E-state index contributed by atoms with van der Waals surface area (Å²) >= 11 is 0. The van der Waals surface area contributed by atoms with Crippen molar-refractivity contribution in [3.8, 4) is 6.07 Å². The zero-order valence-electron chi connectivity index (χ0n) is 11.5. The van der Waals surface area contributed by atoms with Gasteiger partial charge in [0.05, 0.1) is 11.0 Å². The molecule has 0 aliphatic heterocycles. The number of carbonyl (C=O) groups excluding carboxylic acids is 1. The number of nitriles is 1. The highest BCUT2D eigenvalue weighted by Gasteiger charge is 2.14. The Morgan fingerprint density at radius 2 is 1.64 bits per heavy atom. The third-order valence-corrected chi connectivity index (χ3v) is 4.11. The lowest BCUT2D eigenvalue weighted by Crippen LogP contribution is -2.13. The van der Waals surface area contributed by atoms with Crippen molar-refractivity contribution in [3.05, 3.63) is 54.6 Å². The molecule has 22 heavy (non-hydrogen) atoms. The van der Waals surface area contributed by atoms with Crippen LogP contribution < -0.4 is 10.0 Å².